The first-order valence-corrected chi connectivity index (χ1v) is 10.3. The van der Waals surface area contributed by atoms with Crippen molar-refractivity contribution in [3.05, 3.63) is 33.3 Å². The molecule has 0 aliphatic rings. The average molecular weight is 376 g/mol. The summed E-state index contributed by atoms with van der Waals surface area (Å²) in [6.45, 7) is 7.26. The Morgan fingerprint density at radius 3 is 2.29 bits per heavy atom. The second-order valence-electron chi connectivity index (χ2n) is 5.75. The Balaban J connectivity index is 2.86. The van der Waals surface area contributed by atoms with Crippen molar-refractivity contribution in [2.45, 2.75) is 46.1 Å². The minimum atomic E-state index is -2.88. The molecule has 21 heavy (non-hydrogen) atoms. The lowest BCUT2D eigenvalue weighted by molar-refractivity contribution is 0.492. The van der Waals surface area contributed by atoms with E-state index >= 15 is 0 Å². The predicted molar refractivity (Wildman–Crippen MR) is 93.6 cm³/mol. The molecule has 0 amide bonds. The van der Waals surface area contributed by atoms with Crippen LogP contribution in [0.15, 0.2) is 16.6 Å². The molecule has 1 unspecified atom stereocenters. The van der Waals surface area contributed by atoms with Crippen molar-refractivity contribution < 1.29 is 8.42 Å². The van der Waals surface area contributed by atoms with E-state index in [-0.39, 0.29) is 11.8 Å². The highest BCUT2D eigenvalue weighted by molar-refractivity contribution is 9.10. The number of halogens is 1. The Morgan fingerprint density at radius 1 is 1.24 bits per heavy atom. The molecule has 0 saturated heterocycles. The van der Waals surface area contributed by atoms with E-state index in [1.54, 1.807) is 0 Å². The van der Waals surface area contributed by atoms with Gasteiger partial charge >= 0.3 is 0 Å². The van der Waals surface area contributed by atoms with Gasteiger partial charge in [0, 0.05) is 22.5 Å². The van der Waals surface area contributed by atoms with Gasteiger partial charge in [-0.25, -0.2) is 8.42 Å². The van der Waals surface area contributed by atoms with Crippen molar-refractivity contribution in [3.63, 3.8) is 0 Å². The third-order valence-corrected chi connectivity index (χ3v) is 5.79. The van der Waals surface area contributed by atoms with Crippen LogP contribution in [0.3, 0.4) is 0 Å². The Hall–Kier alpha value is -0.390. The van der Waals surface area contributed by atoms with E-state index < -0.39 is 9.84 Å². The summed E-state index contributed by atoms with van der Waals surface area (Å²) in [6, 6.07) is 4.59. The van der Waals surface area contributed by atoms with Gasteiger partial charge in [-0.2, -0.15) is 0 Å². The molecule has 0 bridgehead atoms. The van der Waals surface area contributed by atoms with Crippen LogP contribution in [0.2, 0.25) is 0 Å². The summed E-state index contributed by atoms with van der Waals surface area (Å²) < 4.78 is 23.7. The van der Waals surface area contributed by atoms with Gasteiger partial charge in [-0.3, -0.25) is 0 Å². The van der Waals surface area contributed by atoms with E-state index in [1.807, 2.05) is 0 Å². The van der Waals surface area contributed by atoms with Crippen LogP contribution in [0.5, 0.6) is 0 Å². The second kappa shape index (κ2) is 8.30. The maximum absolute atomic E-state index is 11.3. The Morgan fingerprint density at radius 2 is 1.81 bits per heavy atom. The van der Waals surface area contributed by atoms with E-state index in [0.717, 1.165) is 23.9 Å². The molecule has 1 rings (SSSR count). The molecule has 0 aliphatic carbocycles. The van der Waals surface area contributed by atoms with Gasteiger partial charge in [0.05, 0.1) is 0 Å². The molecule has 0 radical (unpaired) electrons. The summed E-state index contributed by atoms with van der Waals surface area (Å²) in [7, 11) is -2.88. The number of aryl methyl sites for hydroxylation is 2. The van der Waals surface area contributed by atoms with Gasteiger partial charge < -0.3 is 5.32 Å². The Labute approximate surface area is 137 Å². The van der Waals surface area contributed by atoms with Crippen molar-refractivity contribution in [2.75, 3.05) is 18.6 Å². The van der Waals surface area contributed by atoms with Crippen LogP contribution >= 0.6 is 15.9 Å². The molecule has 0 aromatic heterocycles. The van der Waals surface area contributed by atoms with Gasteiger partial charge in [0.2, 0.25) is 0 Å². The number of sulfone groups is 1. The van der Waals surface area contributed by atoms with Crippen LogP contribution in [-0.2, 0) is 9.84 Å². The fourth-order valence-electron chi connectivity index (χ4n) is 2.44. The van der Waals surface area contributed by atoms with E-state index in [2.05, 4.69) is 54.2 Å². The van der Waals surface area contributed by atoms with Gasteiger partial charge in [0.25, 0.3) is 0 Å². The molecule has 0 fully saturated rings. The normalized spacial score (nSPS) is 13.4. The molecule has 0 saturated carbocycles. The molecular formula is C16H26BrNO2S. The van der Waals surface area contributed by atoms with Crippen molar-refractivity contribution in [2.24, 2.45) is 0 Å². The molecule has 1 aromatic carbocycles. The van der Waals surface area contributed by atoms with Gasteiger partial charge in [0.1, 0.15) is 9.84 Å². The first-order chi connectivity index (χ1) is 9.74. The number of nitrogens with one attached hydrogen (secondary N) is 1. The maximum Gasteiger partial charge on any atom is 0.147 e. The van der Waals surface area contributed by atoms with Crippen molar-refractivity contribution >= 4 is 25.8 Å². The minimum absolute atomic E-state index is 0.220. The number of hydrogen-bond donors (Lipinski definition) is 1. The number of hydrogen-bond acceptors (Lipinski definition) is 3. The fraction of sp³-hybridized carbons (Fsp3) is 0.625. The molecule has 0 heterocycles. The van der Waals surface area contributed by atoms with Gasteiger partial charge in [-0.05, 0) is 56.3 Å². The number of rotatable bonds is 8. The van der Waals surface area contributed by atoms with E-state index in [4.69, 9.17) is 0 Å². The maximum atomic E-state index is 11.3. The third-order valence-electron chi connectivity index (χ3n) is 3.51. The van der Waals surface area contributed by atoms with Gasteiger partial charge in [-0.15, -0.1) is 0 Å². The van der Waals surface area contributed by atoms with E-state index in [1.165, 1.54) is 22.9 Å². The summed E-state index contributed by atoms with van der Waals surface area (Å²) in [5.74, 6) is 0.256. The quantitative estimate of drug-likeness (QED) is 0.748. The lowest BCUT2D eigenvalue weighted by atomic mass is 9.98. The summed E-state index contributed by atoms with van der Waals surface area (Å²) in [5, 5.41) is 3.54. The van der Waals surface area contributed by atoms with Crippen LogP contribution < -0.4 is 5.32 Å². The second-order valence-corrected chi connectivity index (χ2v) is 8.80. The van der Waals surface area contributed by atoms with E-state index in [9.17, 15) is 8.42 Å². The third kappa shape index (κ3) is 6.49. The Bertz CT molecular complexity index is 547. The largest absolute Gasteiger partial charge is 0.310 e. The molecule has 5 heteroatoms. The zero-order valence-corrected chi connectivity index (χ0v) is 15.8. The first-order valence-electron chi connectivity index (χ1n) is 7.42. The summed E-state index contributed by atoms with van der Waals surface area (Å²) in [4.78, 5) is 0. The van der Waals surface area contributed by atoms with Crippen LogP contribution in [0, 0.1) is 13.8 Å². The highest BCUT2D eigenvalue weighted by Crippen LogP contribution is 2.27. The van der Waals surface area contributed by atoms with Crippen LogP contribution in [0.1, 0.15) is 48.9 Å². The van der Waals surface area contributed by atoms with Gasteiger partial charge in [-0.1, -0.05) is 35.0 Å². The first kappa shape index (κ1) is 18.7. The smallest absolute Gasteiger partial charge is 0.147 e. The predicted octanol–water partition coefficient (Wildman–Crippen LogP) is 3.93. The molecule has 3 nitrogen and oxygen atoms in total. The highest BCUT2D eigenvalue weighted by atomic mass is 79.9. The zero-order chi connectivity index (χ0) is 16.0. The average Bonchev–Trinajstić information content (AvgIpc) is 2.38. The summed E-state index contributed by atoms with van der Waals surface area (Å²) >= 11 is 3.59. The Kier molecular flexibility index (Phi) is 7.37. The molecule has 1 aromatic rings. The molecule has 0 aliphatic heterocycles. The van der Waals surface area contributed by atoms with Crippen LogP contribution in [0.4, 0.5) is 0 Å². The lowest BCUT2D eigenvalue weighted by Gasteiger charge is -2.20. The zero-order valence-electron chi connectivity index (χ0n) is 13.4. The summed E-state index contributed by atoms with van der Waals surface area (Å²) in [6.07, 6.45) is 3.90. The minimum Gasteiger partial charge on any atom is -0.310 e. The SMILES string of the molecule is CCCNC(CCCS(C)(=O)=O)c1cc(C)c(Br)c(C)c1. The van der Waals surface area contributed by atoms with Crippen molar-refractivity contribution in [1.29, 1.82) is 0 Å². The molecule has 0 spiro atoms. The fourth-order valence-corrected chi connectivity index (χ4v) is 3.36. The molecular weight excluding hydrogens is 350 g/mol. The molecule has 1 atom stereocenters. The van der Waals surface area contributed by atoms with Crippen molar-refractivity contribution in [1.82, 2.24) is 5.32 Å². The van der Waals surface area contributed by atoms with E-state index in [0.29, 0.717) is 6.42 Å². The number of benzene rings is 1. The standard InChI is InChI=1S/C16H26BrNO2S/c1-5-8-18-15(7-6-9-21(4,19)20)14-10-12(2)16(17)13(3)11-14/h10-11,15,18H,5-9H2,1-4H3. The van der Waals surface area contributed by atoms with Crippen LogP contribution in [0.25, 0.3) is 0 Å². The monoisotopic (exact) mass is 375 g/mol. The van der Waals surface area contributed by atoms with Crippen molar-refractivity contribution in [3.8, 4) is 0 Å². The summed E-state index contributed by atoms with van der Waals surface area (Å²) in [5.41, 5.74) is 3.68. The van der Waals surface area contributed by atoms with Gasteiger partial charge in [0.15, 0.2) is 0 Å². The molecule has 1 N–H and O–H groups in total. The molecule has 120 valence electrons. The highest BCUT2D eigenvalue weighted by Gasteiger charge is 2.14. The van der Waals surface area contributed by atoms with Crippen LogP contribution in [-0.4, -0.2) is 27.0 Å². The topological polar surface area (TPSA) is 46.2 Å². The lowest BCUT2D eigenvalue weighted by Crippen LogP contribution is -2.23.